The minimum absolute atomic E-state index is 0.0110. The Balaban J connectivity index is 2.37. The van der Waals surface area contributed by atoms with E-state index in [9.17, 15) is 5.11 Å². The van der Waals surface area contributed by atoms with E-state index < -0.39 is 5.60 Å². The van der Waals surface area contributed by atoms with Gasteiger partial charge in [0.2, 0.25) is 0 Å². The van der Waals surface area contributed by atoms with Gasteiger partial charge in [0.1, 0.15) is 5.60 Å². The zero-order valence-electron chi connectivity index (χ0n) is 18.6. The van der Waals surface area contributed by atoms with E-state index in [-0.39, 0.29) is 18.0 Å². The van der Waals surface area contributed by atoms with Gasteiger partial charge in [0.05, 0.1) is 0 Å². The monoisotopic (exact) mass is 395 g/mol. The number of aliphatic hydroxyl groups is 1. The summed E-state index contributed by atoms with van der Waals surface area (Å²) in [5.41, 5.74) is 2.11. The third kappa shape index (κ3) is 7.94. The highest BCUT2D eigenvalue weighted by Gasteiger charge is 2.25. The molecule has 0 spiro atoms. The summed E-state index contributed by atoms with van der Waals surface area (Å²) in [6.07, 6.45) is 5.07. The summed E-state index contributed by atoms with van der Waals surface area (Å²) in [7, 11) is 0. The third-order valence-corrected chi connectivity index (χ3v) is 5.01. The summed E-state index contributed by atoms with van der Waals surface area (Å²) in [6.45, 7) is 11.1. The molecule has 3 nitrogen and oxygen atoms in total. The van der Waals surface area contributed by atoms with Gasteiger partial charge in [0.15, 0.2) is 0 Å². The fraction of sp³-hybridized carbons (Fsp3) is 0.462. The van der Waals surface area contributed by atoms with Crippen LogP contribution in [0.2, 0.25) is 0 Å². The topological polar surface area (TPSA) is 32.7 Å². The predicted molar refractivity (Wildman–Crippen MR) is 122 cm³/mol. The molecule has 0 heterocycles. The molecule has 0 amide bonds. The minimum Gasteiger partial charge on any atom is -0.481 e. The molecule has 0 aliphatic carbocycles. The Morgan fingerprint density at radius 2 is 1.62 bits per heavy atom. The fourth-order valence-corrected chi connectivity index (χ4v) is 3.53. The summed E-state index contributed by atoms with van der Waals surface area (Å²) >= 11 is 0. The van der Waals surface area contributed by atoms with Gasteiger partial charge in [-0.3, -0.25) is 4.90 Å². The van der Waals surface area contributed by atoms with Crippen molar-refractivity contribution in [3.8, 4) is 0 Å². The Morgan fingerprint density at radius 1 is 1.03 bits per heavy atom. The lowest BCUT2D eigenvalue weighted by atomic mass is 10.00. The van der Waals surface area contributed by atoms with Gasteiger partial charge < -0.3 is 9.84 Å². The van der Waals surface area contributed by atoms with Crippen LogP contribution in [-0.2, 0) is 11.3 Å². The van der Waals surface area contributed by atoms with Crippen LogP contribution in [0.3, 0.4) is 0 Å². The molecular formula is C26H37NO2. The van der Waals surface area contributed by atoms with Crippen LogP contribution in [0.1, 0.15) is 71.0 Å². The third-order valence-electron chi connectivity index (χ3n) is 5.01. The molecule has 1 N–H and O–H groups in total. The molecule has 2 rings (SSSR count). The first kappa shape index (κ1) is 23.0. The van der Waals surface area contributed by atoms with Crippen molar-refractivity contribution in [3.05, 3.63) is 83.8 Å². The van der Waals surface area contributed by atoms with Crippen LogP contribution in [0.15, 0.2) is 72.7 Å². The van der Waals surface area contributed by atoms with Crippen LogP contribution in [0.5, 0.6) is 0 Å². The van der Waals surface area contributed by atoms with Crippen LogP contribution < -0.4 is 0 Å². The number of rotatable bonds is 10. The van der Waals surface area contributed by atoms with Crippen molar-refractivity contribution in [3.63, 3.8) is 0 Å². The molecule has 2 aromatic carbocycles. The minimum atomic E-state index is -0.425. The lowest BCUT2D eigenvalue weighted by Crippen LogP contribution is -2.36. The standard InChI is InChI=1S/C26H37NO2/c1-6-7-18-24(19-25(28)29-26(3,4)5)27(20-22-14-10-8-11-15-22)21(2)23-16-12-9-13-17-23/h8-17,19,21,24,28H,6-7,18,20H2,1-5H3/b25-19+/t21-,24-/m0/s1. The van der Waals surface area contributed by atoms with Crippen LogP contribution >= 0.6 is 0 Å². The number of unbranched alkanes of at least 4 members (excludes halogenated alkanes) is 1. The second-order valence-electron chi connectivity index (χ2n) is 8.67. The van der Waals surface area contributed by atoms with Crippen LogP contribution in [0, 0.1) is 0 Å². The van der Waals surface area contributed by atoms with E-state index >= 15 is 0 Å². The molecule has 2 atom stereocenters. The molecule has 0 aromatic heterocycles. The Morgan fingerprint density at radius 3 is 2.17 bits per heavy atom. The van der Waals surface area contributed by atoms with E-state index in [0.29, 0.717) is 0 Å². The Hall–Kier alpha value is -2.26. The lowest BCUT2D eigenvalue weighted by molar-refractivity contribution is -0.0178. The number of benzene rings is 2. The first-order valence-corrected chi connectivity index (χ1v) is 10.7. The lowest BCUT2D eigenvalue weighted by Gasteiger charge is -2.36. The molecule has 0 bridgehead atoms. The number of hydrogen-bond acceptors (Lipinski definition) is 3. The number of aliphatic hydroxyl groups excluding tert-OH is 1. The van der Waals surface area contributed by atoms with E-state index in [1.807, 2.05) is 32.9 Å². The van der Waals surface area contributed by atoms with E-state index in [2.05, 4.69) is 73.3 Å². The van der Waals surface area contributed by atoms with Gasteiger partial charge in [-0.05, 0) is 45.2 Å². The maximum atomic E-state index is 10.5. The van der Waals surface area contributed by atoms with Gasteiger partial charge in [-0.1, -0.05) is 80.4 Å². The molecule has 0 aliphatic rings. The summed E-state index contributed by atoms with van der Waals surface area (Å²) in [6, 6.07) is 21.4. The molecule has 2 aromatic rings. The van der Waals surface area contributed by atoms with Crippen molar-refractivity contribution in [2.75, 3.05) is 0 Å². The molecule has 0 radical (unpaired) electrons. The van der Waals surface area contributed by atoms with E-state index in [0.717, 1.165) is 25.8 Å². The Bertz CT molecular complexity index is 734. The zero-order chi connectivity index (χ0) is 21.3. The maximum absolute atomic E-state index is 10.5. The van der Waals surface area contributed by atoms with Gasteiger partial charge in [0, 0.05) is 24.7 Å². The number of nitrogens with zero attached hydrogens (tertiary/aromatic N) is 1. The van der Waals surface area contributed by atoms with E-state index in [4.69, 9.17) is 4.74 Å². The summed E-state index contributed by atoms with van der Waals surface area (Å²) in [5.74, 6) is 0.0110. The van der Waals surface area contributed by atoms with Gasteiger partial charge in [-0.25, -0.2) is 0 Å². The van der Waals surface area contributed by atoms with Crippen molar-refractivity contribution in [2.45, 2.75) is 78.1 Å². The zero-order valence-corrected chi connectivity index (χ0v) is 18.6. The largest absolute Gasteiger partial charge is 0.481 e. The summed E-state index contributed by atoms with van der Waals surface area (Å²) in [4.78, 5) is 2.46. The first-order chi connectivity index (χ1) is 13.8. The molecule has 0 fully saturated rings. The van der Waals surface area contributed by atoms with Crippen LogP contribution in [0.4, 0.5) is 0 Å². The van der Waals surface area contributed by atoms with Crippen LogP contribution in [0.25, 0.3) is 0 Å². The molecule has 29 heavy (non-hydrogen) atoms. The van der Waals surface area contributed by atoms with Crippen molar-refractivity contribution < 1.29 is 9.84 Å². The van der Waals surface area contributed by atoms with E-state index in [1.165, 1.54) is 11.1 Å². The first-order valence-electron chi connectivity index (χ1n) is 10.7. The molecule has 158 valence electrons. The Kier molecular flexibility index (Phi) is 8.78. The smallest absolute Gasteiger partial charge is 0.274 e. The van der Waals surface area contributed by atoms with Crippen molar-refractivity contribution >= 4 is 0 Å². The number of hydrogen-bond donors (Lipinski definition) is 1. The highest BCUT2D eigenvalue weighted by molar-refractivity contribution is 5.21. The number of ether oxygens (including phenoxy) is 1. The summed E-state index contributed by atoms with van der Waals surface area (Å²) < 4.78 is 5.72. The van der Waals surface area contributed by atoms with Crippen molar-refractivity contribution in [2.24, 2.45) is 0 Å². The summed E-state index contributed by atoms with van der Waals surface area (Å²) in [5, 5.41) is 10.5. The molecule has 3 heteroatoms. The van der Waals surface area contributed by atoms with Gasteiger partial charge in [-0.2, -0.15) is 0 Å². The normalized spacial score (nSPS) is 14.6. The molecule has 0 saturated heterocycles. The molecule has 0 aliphatic heterocycles. The van der Waals surface area contributed by atoms with Crippen molar-refractivity contribution in [1.82, 2.24) is 4.90 Å². The average molecular weight is 396 g/mol. The van der Waals surface area contributed by atoms with Crippen LogP contribution in [-0.4, -0.2) is 21.6 Å². The molecular weight excluding hydrogens is 358 g/mol. The second kappa shape index (κ2) is 11.1. The second-order valence-corrected chi connectivity index (χ2v) is 8.67. The SMILES string of the molecule is CCCC[C@@H](/C=C(\O)OC(C)(C)C)N(Cc1ccccc1)[C@@H](C)c1ccccc1. The van der Waals surface area contributed by atoms with Crippen molar-refractivity contribution in [1.29, 1.82) is 0 Å². The average Bonchev–Trinajstić information content (AvgIpc) is 2.69. The van der Waals surface area contributed by atoms with Gasteiger partial charge >= 0.3 is 0 Å². The highest BCUT2D eigenvalue weighted by Crippen LogP contribution is 2.28. The van der Waals surface area contributed by atoms with Gasteiger partial charge in [0.25, 0.3) is 5.95 Å². The van der Waals surface area contributed by atoms with E-state index in [1.54, 1.807) is 0 Å². The quantitative estimate of drug-likeness (QED) is 0.439. The van der Waals surface area contributed by atoms with Gasteiger partial charge in [-0.15, -0.1) is 0 Å². The Labute approximate surface area is 177 Å². The predicted octanol–water partition coefficient (Wildman–Crippen LogP) is 7.02. The molecule has 0 saturated carbocycles. The maximum Gasteiger partial charge on any atom is 0.274 e. The molecule has 0 unspecified atom stereocenters. The highest BCUT2D eigenvalue weighted by atomic mass is 16.6. The fourth-order valence-electron chi connectivity index (χ4n) is 3.53.